The van der Waals surface area contributed by atoms with Crippen LogP contribution in [-0.2, 0) is 26.1 Å². The predicted molar refractivity (Wildman–Crippen MR) is 114 cm³/mol. The van der Waals surface area contributed by atoms with Crippen molar-refractivity contribution in [1.82, 2.24) is 9.29 Å². The number of hydrogen-bond acceptors (Lipinski definition) is 6. The van der Waals surface area contributed by atoms with E-state index in [1.807, 2.05) is 23.6 Å². The van der Waals surface area contributed by atoms with Crippen LogP contribution in [-0.4, -0.2) is 37.9 Å². The number of aromatic nitrogens is 1. The molecule has 0 amide bonds. The van der Waals surface area contributed by atoms with Crippen molar-refractivity contribution in [1.29, 1.82) is 5.26 Å². The summed E-state index contributed by atoms with van der Waals surface area (Å²) in [5, 5.41) is 9.51. The van der Waals surface area contributed by atoms with E-state index in [1.165, 1.54) is 12.1 Å². The standard InChI is InChI=1S/C22H21N3O5S/c1-16-7-9-17(10-8-16)31(28,29)24-13-22(27)30-15-21(26)19-14-25(12-4-11-23)20-6-3-2-5-18(19)20/h2-3,5-10,14,24H,4,12-13,15H2,1H3. The van der Waals surface area contributed by atoms with Crippen molar-refractivity contribution >= 4 is 32.7 Å². The summed E-state index contributed by atoms with van der Waals surface area (Å²) < 4.78 is 33.4. The minimum atomic E-state index is -3.86. The van der Waals surface area contributed by atoms with Crippen molar-refractivity contribution < 1.29 is 22.7 Å². The van der Waals surface area contributed by atoms with Crippen molar-refractivity contribution in [2.24, 2.45) is 0 Å². The van der Waals surface area contributed by atoms with Crippen LogP contribution in [0.15, 0.2) is 59.6 Å². The molecule has 8 nitrogen and oxygen atoms in total. The third-order valence-corrected chi connectivity index (χ3v) is 6.07. The Morgan fingerprint density at radius 2 is 1.84 bits per heavy atom. The zero-order valence-electron chi connectivity index (χ0n) is 16.9. The van der Waals surface area contributed by atoms with E-state index in [0.29, 0.717) is 23.9 Å². The average Bonchev–Trinajstić information content (AvgIpc) is 3.14. The van der Waals surface area contributed by atoms with Gasteiger partial charge < -0.3 is 9.30 Å². The second-order valence-electron chi connectivity index (χ2n) is 6.88. The maximum atomic E-state index is 12.6. The van der Waals surface area contributed by atoms with Crippen molar-refractivity contribution in [3.63, 3.8) is 0 Å². The Morgan fingerprint density at radius 3 is 2.55 bits per heavy atom. The van der Waals surface area contributed by atoms with Crippen molar-refractivity contribution in [3.8, 4) is 6.07 Å². The minimum absolute atomic E-state index is 0.0344. The van der Waals surface area contributed by atoms with Crippen molar-refractivity contribution in [3.05, 3.63) is 65.9 Å². The fraction of sp³-hybridized carbons (Fsp3) is 0.227. The molecule has 0 fully saturated rings. The lowest BCUT2D eigenvalue weighted by molar-refractivity contribution is -0.141. The molecule has 0 aliphatic carbocycles. The Balaban J connectivity index is 1.61. The summed E-state index contributed by atoms with van der Waals surface area (Å²) >= 11 is 0. The number of para-hydroxylation sites is 1. The minimum Gasteiger partial charge on any atom is -0.456 e. The second kappa shape index (κ2) is 9.55. The van der Waals surface area contributed by atoms with Gasteiger partial charge in [-0.1, -0.05) is 35.9 Å². The van der Waals surface area contributed by atoms with E-state index in [0.717, 1.165) is 11.1 Å². The molecule has 1 aromatic heterocycles. The molecule has 0 atom stereocenters. The number of nitriles is 1. The number of carbonyl (C=O) groups excluding carboxylic acids is 2. The van der Waals surface area contributed by atoms with Gasteiger partial charge in [-0.05, 0) is 25.1 Å². The first-order valence-corrected chi connectivity index (χ1v) is 11.0. The zero-order chi connectivity index (χ0) is 22.4. The van der Waals surface area contributed by atoms with Gasteiger partial charge in [0.25, 0.3) is 0 Å². The number of aryl methyl sites for hydroxylation is 2. The number of rotatable bonds is 9. The highest BCUT2D eigenvalue weighted by Crippen LogP contribution is 2.22. The number of fused-ring (bicyclic) bond motifs is 1. The topological polar surface area (TPSA) is 118 Å². The number of esters is 1. The summed E-state index contributed by atoms with van der Waals surface area (Å²) in [6, 6.07) is 15.5. The van der Waals surface area contributed by atoms with Crippen LogP contribution in [0.4, 0.5) is 0 Å². The lowest BCUT2D eigenvalue weighted by Crippen LogP contribution is -2.31. The summed E-state index contributed by atoms with van der Waals surface area (Å²) in [6.07, 6.45) is 1.93. The van der Waals surface area contributed by atoms with Crippen LogP contribution in [0, 0.1) is 18.3 Å². The van der Waals surface area contributed by atoms with E-state index in [2.05, 4.69) is 10.8 Å². The van der Waals surface area contributed by atoms with Crippen LogP contribution in [0.5, 0.6) is 0 Å². The van der Waals surface area contributed by atoms with Gasteiger partial charge in [-0.25, -0.2) is 8.42 Å². The highest BCUT2D eigenvalue weighted by Gasteiger charge is 2.19. The molecule has 9 heteroatoms. The third-order valence-electron chi connectivity index (χ3n) is 4.66. The maximum Gasteiger partial charge on any atom is 0.321 e. The number of sulfonamides is 1. The van der Waals surface area contributed by atoms with Crippen molar-refractivity contribution in [2.45, 2.75) is 24.8 Å². The van der Waals surface area contributed by atoms with Gasteiger partial charge in [0.2, 0.25) is 15.8 Å². The Bertz CT molecular complexity index is 1250. The first kappa shape index (κ1) is 22.2. The Labute approximate surface area is 180 Å². The highest BCUT2D eigenvalue weighted by atomic mass is 32.2. The molecule has 0 aliphatic rings. The number of nitrogens with zero attached hydrogens (tertiary/aromatic N) is 2. The highest BCUT2D eigenvalue weighted by molar-refractivity contribution is 7.89. The lowest BCUT2D eigenvalue weighted by Gasteiger charge is -2.07. The predicted octanol–water partition coefficient (Wildman–Crippen LogP) is 2.57. The molecule has 0 radical (unpaired) electrons. The van der Waals surface area contributed by atoms with Gasteiger partial charge >= 0.3 is 5.97 Å². The fourth-order valence-electron chi connectivity index (χ4n) is 3.05. The van der Waals surface area contributed by atoms with Gasteiger partial charge in [0, 0.05) is 29.2 Å². The summed E-state index contributed by atoms with van der Waals surface area (Å²) in [5.41, 5.74) is 2.09. The first-order chi connectivity index (χ1) is 14.8. The van der Waals surface area contributed by atoms with Crippen LogP contribution >= 0.6 is 0 Å². The van der Waals surface area contributed by atoms with Gasteiger partial charge in [-0.15, -0.1) is 0 Å². The second-order valence-corrected chi connectivity index (χ2v) is 8.65. The molecule has 1 N–H and O–H groups in total. The molecule has 0 saturated carbocycles. The van der Waals surface area contributed by atoms with Gasteiger partial charge in [0.15, 0.2) is 6.61 Å². The number of Topliss-reactive ketones (excluding diaryl/α,β-unsaturated/α-hetero) is 1. The number of carbonyl (C=O) groups is 2. The molecular weight excluding hydrogens is 418 g/mol. The Morgan fingerprint density at radius 1 is 1.13 bits per heavy atom. The smallest absolute Gasteiger partial charge is 0.321 e. The molecule has 1 heterocycles. The average molecular weight is 439 g/mol. The number of ether oxygens (including phenoxy) is 1. The quantitative estimate of drug-likeness (QED) is 0.404. The molecule has 2 aromatic carbocycles. The lowest BCUT2D eigenvalue weighted by atomic mass is 10.1. The third kappa shape index (κ3) is 5.36. The van der Waals surface area contributed by atoms with Crippen LogP contribution in [0.1, 0.15) is 22.3 Å². The van der Waals surface area contributed by atoms with Gasteiger partial charge in [-0.2, -0.15) is 9.98 Å². The molecule has 160 valence electrons. The fourth-order valence-corrected chi connectivity index (χ4v) is 4.02. The zero-order valence-corrected chi connectivity index (χ0v) is 17.7. The van der Waals surface area contributed by atoms with E-state index in [1.54, 1.807) is 30.5 Å². The van der Waals surface area contributed by atoms with Crippen LogP contribution in [0.25, 0.3) is 10.9 Å². The number of benzene rings is 2. The molecule has 3 rings (SSSR count). The first-order valence-electron chi connectivity index (χ1n) is 9.52. The SMILES string of the molecule is Cc1ccc(S(=O)(=O)NCC(=O)OCC(=O)c2cn(CCC#N)c3ccccc23)cc1. The molecule has 0 unspecified atom stereocenters. The van der Waals surface area contributed by atoms with E-state index < -0.39 is 34.9 Å². The van der Waals surface area contributed by atoms with E-state index in [9.17, 15) is 18.0 Å². The summed E-state index contributed by atoms with van der Waals surface area (Å²) in [7, 11) is -3.86. The van der Waals surface area contributed by atoms with Crippen LogP contribution in [0.3, 0.4) is 0 Å². The maximum absolute atomic E-state index is 12.6. The van der Waals surface area contributed by atoms with Crippen molar-refractivity contribution in [2.75, 3.05) is 13.2 Å². The number of hydrogen-bond donors (Lipinski definition) is 1. The van der Waals surface area contributed by atoms with Crippen LogP contribution in [0.2, 0.25) is 0 Å². The Kier molecular flexibility index (Phi) is 6.84. The molecular formula is C22H21N3O5S. The molecule has 31 heavy (non-hydrogen) atoms. The van der Waals surface area contributed by atoms with E-state index in [4.69, 9.17) is 10.00 Å². The summed E-state index contributed by atoms with van der Waals surface area (Å²) in [6.45, 7) is 1.16. The molecule has 0 spiro atoms. The number of ketones is 1. The molecule has 0 aliphatic heterocycles. The molecule has 0 bridgehead atoms. The Hall–Kier alpha value is -3.48. The molecule has 0 saturated heterocycles. The van der Waals surface area contributed by atoms with Gasteiger partial charge in [-0.3, -0.25) is 9.59 Å². The van der Waals surface area contributed by atoms with Crippen LogP contribution < -0.4 is 4.72 Å². The van der Waals surface area contributed by atoms with E-state index in [-0.39, 0.29) is 4.90 Å². The van der Waals surface area contributed by atoms with Gasteiger partial charge in [0.05, 0.1) is 17.4 Å². The monoisotopic (exact) mass is 439 g/mol. The van der Waals surface area contributed by atoms with Gasteiger partial charge in [0.1, 0.15) is 6.54 Å². The molecule has 3 aromatic rings. The normalized spacial score (nSPS) is 11.2. The number of nitrogens with one attached hydrogen (secondary N) is 1. The summed E-state index contributed by atoms with van der Waals surface area (Å²) in [5.74, 6) is -1.28. The summed E-state index contributed by atoms with van der Waals surface area (Å²) in [4.78, 5) is 24.6. The van der Waals surface area contributed by atoms with E-state index >= 15 is 0 Å². The largest absolute Gasteiger partial charge is 0.456 e.